The summed E-state index contributed by atoms with van der Waals surface area (Å²) in [5, 5.41) is 0. The van der Waals surface area contributed by atoms with Crippen molar-refractivity contribution in [2.45, 2.75) is 31.7 Å². The number of hydrogen-bond acceptors (Lipinski definition) is 3. The first-order chi connectivity index (χ1) is 11.2. The first kappa shape index (κ1) is 16.1. The zero-order chi connectivity index (χ0) is 16.2. The normalized spacial score (nSPS) is 21.1. The lowest BCUT2D eigenvalue weighted by Gasteiger charge is -2.38. The van der Waals surface area contributed by atoms with Crippen LogP contribution in [0.4, 0.5) is 0 Å². The Hall–Kier alpha value is -1.81. The number of allylic oxidation sites excluding steroid dienone is 1. The van der Waals surface area contributed by atoms with Crippen molar-refractivity contribution in [2.24, 2.45) is 0 Å². The molecule has 0 radical (unpaired) electrons. The maximum Gasteiger partial charge on any atom is 0.222 e. The van der Waals surface area contributed by atoms with E-state index in [0.29, 0.717) is 12.5 Å². The topological polar surface area (TPSA) is 32.8 Å². The zero-order valence-corrected chi connectivity index (χ0v) is 14.0. The first-order valence-electron chi connectivity index (χ1n) is 8.52. The van der Waals surface area contributed by atoms with Crippen LogP contribution in [0.5, 0.6) is 5.75 Å². The number of fused-ring (bicyclic) bond motifs is 1. The molecule has 3 rings (SSSR count). The number of hydrogen-bond donors (Lipinski definition) is 0. The smallest absolute Gasteiger partial charge is 0.222 e. The molecular formula is C19H26N2O2. The monoisotopic (exact) mass is 314 g/mol. The van der Waals surface area contributed by atoms with Crippen molar-refractivity contribution in [1.29, 1.82) is 0 Å². The predicted octanol–water partition coefficient (Wildman–Crippen LogP) is 2.79. The van der Waals surface area contributed by atoms with Gasteiger partial charge in [-0.15, -0.1) is 6.58 Å². The molecule has 2 aliphatic rings. The molecule has 1 amide bonds. The molecular weight excluding hydrogens is 288 g/mol. The minimum atomic E-state index is 0.262. The van der Waals surface area contributed by atoms with Crippen molar-refractivity contribution in [3.63, 3.8) is 0 Å². The Morgan fingerprint density at radius 2 is 2.13 bits per heavy atom. The second-order valence-corrected chi connectivity index (χ2v) is 6.36. The van der Waals surface area contributed by atoms with E-state index < -0.39 is 0 Å². The average molecular weight is 314 g/mol. The summed E-state index contributed by atoms with van der Waals surface area (Å²) in [5.41, 5.74) is 2.86. The highest BCUT2D eigenvalue weighted by atomic mass is 16.5. The third kappa shape index (κ3) is 3.42. The van der Waals surface area contributed by atoms with Crippen molar-refractivity contribution in [1.82, 2.24) is 9.80 Å². The van der Waals surface area contributed by atoms with Gasteiger partial charge in [-0.05, 0) is 42.5 Å². The number of benzene rings is 1. The zero-order valence-electron chi connectivity index (χ0n) is 14.0. The van der Waals surface area contributed by atoms with Gasteiger partial charge in [0, 0.05) is 38.6 Å². The Bertz CT molecular complexity index is 577. The predicted molar refractivity (Wildman–Crippen MR) is 91.6 cm³/mol. The molecule has 1 aliphatic carbocycles. The number of nitrogens with zero attached hydrogens (tertiary/aromatic N) is 2. The summed E-state index contributed by atoms with van der Waals surface area (Å²) in [6, 6.07) is 6.92. The molecule has 1 unspecified atom stereocenters. The van der Waals surface area contributed by atoms with Crippen LogP contribution in [0.15, 0.2) is 30.9 Å². The number of methoxy groups -OCH3 is 1. The number of amides is 1. The lowest BCUT2D eigenvalue weighted by atomic mass is 10.1. The van der Waals surface area contributed by atoms with Crippen molar-refractivity contribution in [3.05, 3.63) is 42.0 Å². The molecule has 1 aromatic carbocycles. The van der Waals surface area contributed by atoms with Crippen LogP contribution in [0, 0.1) is 0 Å². The maximum absolute atomic E-state index is 12.1. The number of ether oxygens (including phenoxy) is 1. The van der Waals surface area contributed by atoms with Gasteiger partial charge < -0.3 is 9.64 Å². The molecule has 23 heavy (non-hydrogen) atoms. The van der Waals surface area contributed by atoms with Gasteiger partial charge in [0.05, 0.1) is 7.11 Å². The molecule has 1 saturated heterocycles. The number of carbonyl (C=O) groups excluding carboxylic acids is 1. The Morgan fingerprint density at radius 3 is 2.83 bits per heavy atom. The highest BCUT2D eigenvalue weighted by Gasteiger charge is 2.31. The van der Waals surface area contributed by atoms with E-state index in [4.69, 9.17) is 4.74 Å². The second kappa shape index (κ2) is 7.18. The van der Waals surface area contributed by atoms with Crippen molar-refractivity contribution < 1.29 is 9.53 Å². The van der Waals surface area contributed by atoms with Crippen LogP contribution in [-0.2, 0) is 11.2 Å². The van der Waals surface area contributed by atoms with Gasteiger partial charge in [-0.25, -0.2) is 0 Å². The number of piperazine rings is 1. The summed E-state index contributed by atoms with van der Waals surface area (Å²) in [7, 11) is 1.72. The summed E-state index contributed by atoms with van der Waals surface area (Å²) < 4.78 is 5.38. The van der Waals surface area contributed by atoms with Crippen LogP contribution < -0.4 is 4.74 Å². The number of aryl methyl sites for hydroxylation is 1. The summed E-state index contributed by atoms with van der Waals surface area (Å²) in [6.45, 7) is 7.29. The Labute approximate surface area is 138 Å². The highest BCUT2D eigenvalue weighted by molar-refractivity contribution is 5.76. The van der Waals surface area contributed by atoms with Crippen LogP contribution in [0.1, 0.15) is 36.4 Å². The van der Waals surface area contributed by atoms with E-state index in [9.17, 15) is 4.79 Å². The fourth-order valence-electron chi connectivity index (χ4n) is 3.73. The molecule has 1 fully saturated rings. The van der Waals surface area contributed by atoms with E-state index in [1.807, 2.05) is 11.0 Å². The molecule has 4 nitrogen and oxygen atoms in total. The van der Waals surface area contributed by atoms with Crippen LogP contribution in [0.3, 0.4) is 0 Å². The molecule has 1 atom stereocenters. The van der Waals surface area contributed by atoms with Gasteiger partial charge in [0.1, 0.15) is 5.75 Å². The molecule has 0 bridgehead atoms. The summed E-state index contributed by atoms with van der Waals surface area (Å²) in [5.74, 6) is 1.20. The SMILES string of the molecule is C=CCCC(=O)N1CCN(C2CCc3ccc(OC)cc32)CC1. The summed E-state index contributed by atoms with van der Waals surface area (Å²) >= 11 is 0. The number of carbonyl (C=O) groups is 1. The van der Waals surface area contributed by atoms with Gasteiger partial charge >= 0.3 is 0 Å². The minimum Gasteiger partial charge on any atom is -0.497 e. The van der Waals surface area contributed by atoms with Crippen molar-refractivity contribution in [2.75, 3.05) is 33.3 Å². The van der Waals surface area contributed by atoms with E-state index >= 15 is 0 Å². The summed E-state index contributed by atoms with van der Waals surface area (Å²) in [6.07, 6.45) is 5.49. The minimum absolute atomic E-state index is 0.262. The third-order valence-corrected chi connectivity index (χ3v) is 5.07. The third-order valence-electron chi connectivity index (χ3n) is 5.07. The molecule has 0 spiro atoms. The lowest BCUT2D eigenvalue weighted by Crippen LogP contribution is -2.49. The van der Waals surface area contributed by atoms with Gasteiger partial charge in [-0.3, -0.25) is 9.69 Å². The standard InChI is InChI=1S/C19H26N2O2/c1-3-4-5-19(22)21-12-10-20(11-13-21)18-9-7-15-6-8-16(23-2)14-17(15)18/h3,6,8,14,18H,1,4-5,7,9-13H2,2H3. The second-order valence-electron chi connectivity index (χ2n) is 6.36. The largest absolute Gasteiger partial charge is 0.497 e. The van der Waals surface area contributed by atoms with Crippen molar-refractivity contribution >= 4 is 5.91 Å². The molecule has 0 saturated carbocycles. The maximum atomic E-state index is 12.1. The van der Waals surface area contributed by atoms with Crippen LogP contribution in [0.25, 0.3) is 0 Å². The van der Waals surface area contributed by atoms with Gasteiger partial charge in [-0.1, -0.05) is 12.1 Å². The van der Waals surface area contributed by atoms with Crippen LogP contribution in [0.2, 0.25) is 0 Å². The van der Waals surface area contributed by atoms with Crippen LogP contribution in [-0.4, -0.2) is 49.0 Å². The van der Waals surface area contributed by atoms with Gasteiger partial charge in [0.15, 0.2) is 0 Å². The van der Waals surface area contributed by atoms with Gasteiger partial charge in [0.25, 0.3) is 0 Å². The molecule has 1 aliphatic heterocycles. The van der Waals surface area contributed by atoms with Gasteiger partial charge in [0.2, 0.25) is 5.91 Å². The van der Waals surface area contributed by atoms with Crippen LogP contribution >= 0.6 is 0 Å². The lowest BCUT2D eigenvalue weighted by molar-refractivity contribution is -0.133. The molecule has 4 heteroatoms. The molecule has 1 heterocycles. The van der Waals surface area contributed by atoms with E-state index in [2.05, 4.69) is 29.7 Å². The molecule has 124 valence electrons. The Morgan fingerprint density at radius 1 is 1.35 bits per heavy atom. The quantitative estimate of drug-likeness (QED) is 0.784. The van der Waals surface area contributed by atoms with Gasteiger partial charge in [-0.2, -0.15) is 0 Å². The number of rotatable bonds is 5. The van der Waals surface area contributed by atoms with E-state index in [1.165, 1.54) is 17.5 Å². The van der Waals surface area contributed by atoms with E-state index in [0.717, 1.165) is 44.8 Å². The molecule has 0 aromatic heterocycles. The fraction of sp³-hybridized carbons (Fsp3) is 0.526. The van der Waals surface area contributed by atoms with Crippen molar-refractivity contribution in [3.8, 4) is 5.75 Å². The Balaban J connectivity index is 1.61. The molecule has 1 aromatic rings. The summed E-state index contributed by atoms with van der Waals surface area (Å²) in [4.78, 5) is 16.6. The fourth-order valence-corrected chi connectivity index (χ4v) is 3.73. The van der Waals surface area contributed by atoms with E-state index in [-0.39, 0.29) is 5.91 Å². The van der Waals surface area contributed by atoms with E-state index in [1.54, 1.807) is 7.11 Å². The average Bonchev–Trinajstić information content (AvgIpc) is 3.02. The highest BCUT2D eigenvalue weighted by Crippen LogP contribution is 2.38. The molecule has 0 N–H and O–H groups in total. The Kier molecular flexibility index (Phi) is 5.01. The first-order valence-corrected chi connectivity index (χ1v) is 8.52.